The van der Waals surface area contributed by atoms with Crippen LogP contribution in [0.4, 0.5) is 0 Å². The lowest BCUT2D eigenvalue weighted by atomic mass is 10.1. The third-order valence-electron chi connectivity index (χ3n) is 3.30. The van der Waals surface area contributed by atoms with E-state index < -0.39 is 0 Å². The van der Waals surface area contributed by atoms with Gasteiger partial charge in [-0.15, -0.1) is 24.0 Å². The summed E-state index contributed by atoms with van der Waals surface area (Å²) in [5, 5.41) is 10.2. The molecule has 2 rings (SSSR count). The van der Waals surface area contributed by atoms with Crippen LogP contribution in [0.3, 0.4) is 0 Å². The molecule has 2 N–H and O–H groups in total. The lowest BCUT2D eigenvalue weighted by Gasteiger charge is -2.11. The quantitative estimate of drug-likeness (QED) is 0.395. The molecule has 0 aliphatic carbocycles. The first kappa shape index (κ1) is 20.9. The van der Waals surface area contributed by atoms with E-state index in [1.807, 2.05) is 31.2 Å². The van der Waals surface area contributed by atoms with Crippen LogP contribution in [-0.2, 0) is 13.1 Å². The summed E-state index contributed by atoms with van der Waals surface area (Å²) in [6.45, 7) is 3.83. The van der Waals surface area contributed by atoms with E-state index in [1.54, 1.807) is 25.1 Å². The topological polar surface area (TPSA) is 82.8 Å². The number of aliphatic imine (C=N–C) groups is 1. The SMILES string of the molecule is CCNC(=NCc1ccc(C(=O)N(C)C)cc1)NCc1ccon1.I. The molecule has 1 aromatic heterocycles. The Morgan fingerprint density at radius 2 is 1.92 bits per heavy atom. The van der Waals surface area contributed by atoms with Gasteiger partial charge in [0.1, 0.15) is 12.0 Å². The molecule has 0 spiro atoms. The van der Waals surface area contributed by atoms with Crippen LogP contribution in [0.2, 0.25) is 0 Å². The minimum Gasteiger partial charge on any atom is -0.364 e. The molecule has 25 heavy (non-hydrogen) atoms. The van der Waals surface area contributed by atoms with E-state index in [0.29, 0.717) is 24.6 Å². The van der Waals surface area contributed by atoms with Gasteiger partial charge in [-0.25, -0.2) is 4.99 Å². The first-order valence-corrected chi connectivity index (χ1v) is 7.82. The van der Waals surface area contributed by atoms with Crippen LogP contribution in [0.1, 0.15) is 28.5 Å². The first-order chi connectivity index (χ1) is 11.6. The summed E-state index contributed by atoms with van der Waals surface area (Å²) in [7, 11) is 3.48. The van der Waals surface area contributed by atoms with Gasteiger partial charge < -0.3 is 20.1 Å². The molecule has 1 heterocycles. The maximum atomic E-state index is 11.9. The average molecular weight is 457 g/mol. The van der Waals surface area contributed by atoms with Crippen molar-refractivity contribution in [1.29, 1.82) is 0 Å². The van der Waals surface area contributed by atoms with Gasteiger partial charge in [-0.05, 0) is 24.6 Å². The largest absolute Gasteiger partial charge is 0.364 e. The van der Waals surface area contributed by atoms with Crippen LogP contribution in [0.25, 0.3) is 0 Å². The normalized spacial score (nSPS) is 10.8. The lowest BCUT2D eigenvalue weighted by molar-refractivity contribution is 0.0827. The fourth-order valence-corrected chi connectivity index (χ4v) is 2.03. The molecule has 0 aliphatic heterocycles. The van der Waals surface area contributed by atoms with Gasteiger partial charge in [-0.2, -0.15) is 0 Å². The molecule has 0 saturated heterocycles. The van der Waals surface area contributed by atoms with Crippen molar-refractivity contribution < 1.29 is 9.32 Å². The summed E-state index contributed by atoms with van der Waals surface area (Å²) in [4.78, 5) is 18.0. The Morgan fingerprint density at radius 1 is 1.20 bits per heavy atom. The third-order valence-corrected chi connectivity index (χ3v) is 3.30. The number of rotatable bonds is 6. The number of carbonyl (C=O) groups is 1. The van der Waals surface area contributed by atoms with Crippen LogP contribution < -0.4 is 10.6 Å². The van der Waals surface area contributed by atoms with Gasteiger partial charge in [0.05, 0.1) is 13.1 Å². The molecule has 0 radical (unpaired) electrons. The second-order valence-electron chi connectivity index (χ2n) is 5.44. The second kappa shape index (κ2) is 10.7. The average Bonchev–Trinajstić information content (AvgIpc) is 3.10. The minimum absolute atomic E-state index is 0. The number of guanidine groups is 1. The van der Waals surface area contributed by atoms with Crippen molar-refractivity contribution in [3.05, 3.63) is 53.4 Å². The molecule has 0 aliphatic rings. The highest BCUT2D eigenvalue weighted by Crippen LogP contribution is 2.07. The van der Waals surface area contributed by atoms with Gasteiger partial charge in [0.2, 0.25) is 0 Å². The number of amides is 1. The van der Waals surface area contributed by atoms with E-state index >= 15 is 0 Å². The highest BCUT2D eigenvalue weighted by Gasteiger charge is 2.07. The monoisotopic (exact) mass is 457 g/mol. The van der Waals surface area contributed by atoms with Crippen LogP contribution in [0, 0.1) is 0 Å². The number of benzene rings is 1. The van der Waals surface area contributed by atoms with E-state index in [-0.39, 0.29) is 29.9 Å². The predicted molar refractivity (Wildman–Crippen MR) is 108 cm³/mol. The lowest BCUT2D eigenvalue weighted by Crippen LogP contribution is -2.36. The van der Waals surface area contributed by atoms with Crippen molar-refractivity contribution in [1.82, 2.24) is 20.7 Å². The standard InChI is InChI=1S/C17H23N5O2.HI/c1-4-18-17(20-12-15-9-10-24-21-15)19-11-13-5-7-14(8-6-13)16(23)22(2)3;/h5-10H,4,11-12H2,1-3H3,(H2,18,19,20);1H. The number of halogens is 1. The van der Waals surface area contributed by atoms with Crippen molar-refractivity contribution in [2.75, 3.05) is 20.6 Å². The van der Waals surface area contributed by atoms with Gasteiger partial charge in [0.15, 0.2) is 5.96 Å². The Morgan fingerprint density at radius 3 is 2.48 bits per heavy atom. The summed E-state index contributed by atoms with van der Waals surface area (Å²) in [6.07, 6.45) is 1.54. The second-order valence-corrected chi connectivity index (χ2v) is 5.44. The van der Waals surface area contributed by atoms with Crippen molar-refractivity contribution in [2.24, 2.45) is 4.99 Å². The van der Waals surface area contributed by atoms with E-state index in [2.05, 4.69) is 20.8 Å². The molecular weight excluding hydrogens is 433 g/mol. The molecule has 2 aromatic rings. The van der Waals surface area contributed by atoms with E-state index in [9.17, 15) is 4.79 Å². The smallest absolute Gasteiger partial charge is 0.253 e. The summed E-state index contributed by atoms with van der Waals surface area (Å²) >= 11 is 0. The Bertz CT molecular complexity index is 669. The summed E-state index contributed by atoms with van der Waals surface area (Å²) < 4.78 is 4.80. The number of aromatic nitrogens is 1. The molecule has 8 heteroatoms. The molecule has 0 saturated carbocycles. The van der Waals surface area contributed by atoms with E-state index in [0.717, 1.165) is 17.8 Å². The maximum absolute atomic E-state index is 11.9. The van der Waals surface area contributed by atoms with Crippen LogP contribution in [-0.4, -0.2) is 42.6 Å². The predicted octanol–water partition coefficient (Wildman–Crippen LogP) is 2.25. The molecule has 0 atom stereocenters. The molecule has 1 amide bonds. The minimum atomic E-state index is -0.00679. The van der Waals surface area contributed by atoms with E-state index in [4.69, 9.17) is 4.52 Å². The zero-order chi connectivity index (χ0) is 17.4. The summed E-state index contributed by atoms with van der Waals surface area (Å²) in [5.41, 5.74) is 2.51. The summed E-state index contributed by atoms with van der Waals surface area (Å²) in [6, 6.07) is 9.28. The number of hydrogen-bond acceptors (Lipinski definition) is 4. The fourth-order valence-electron chi connectivity index (χ4n) is 2.03. The van der Waals surface area contributed by atoms with Crippen LogP contribution >= 0.6 is 24.0 Å². The van der Waals surface area contributed by atoms with Gasteiger partial charge >= 0.3 is 0 Å². The molecule has 136 valence electrons. The first-order valence-electron chi connectivity index (χ1n) is 7.82. The highest BCUT2D eigenvalue weighted by molar-refractivity contribution is 14.0. The van der Waals surface area contributed by atoms with Gasteiger partial charge in [-0.1, -0.05) is 17.3 Å². The molecule has 0 fully saturated rings. The highest BCUT2D eigenvalue weighted by atomic mass is 127. The van der Waals surface area contributed by atoms with Crippen LogP contribution in [0.15, 0.2) is 46.1 Å². The maximum Gasteiger partial charge on any atom is 0.253 e. The summed E-state index contributed by atoms with van der Waals surface area (Å²) in [5.74, 6) is 0.696. The van der Waals surface area contributed by atoms with Crippen molar-refractivity contribution in [3.63, 3.8) is 0 Å². The zero-order valence-corrected chi connectivity index (χ0v) is 17.0. The number of carbonyl (C=O) groups excluding carboxylic acids is 1. The molecule has 0 bridgehead atoms. The van der Waals surface area contributed by atoms with Crippen molar-refractivity contribution in [2.45, 2.75) is 20.0 Å². The van der Waals surface area contributed by atoms with Crippen molar-refractivity contribution in [3.8, 4) is 0 Å². The van der Waals surface area contributed by atoms with E-state index in [1.165, 1.54) is 6.26 Å². The number of hydrogen-bond donors (Lipinski definition) is 2. The fraction of sp³-hybridized carbons (Fsp3) is 0.353. The van der Waals surface area contributed by atoms with Gasteiger partial charge in [0.25, 0.3) is 5.91 Å². The molecule has 1 aromatic carbocycles. The van der Waals surface area contributed by atoms with Gasteiger partial charge in [0, 0.05) is 32.3 Å². The molecule has 0 unspecified atom stereocenters. The number of nitrogens with one attached hydrogen (secondary N) is 2. The molecular formula is C17H24IN5O2. The van der Waals surface area contributed by atoms with Crippen LogP contribution in [0.5, 0.6) is 0 Å². The Hall–Kier alpha value is -2.10. The Balaban J connectivity index is 0.00000312. The number of nitrogens with zero attached hydrogens (tertiary/aromatic N) is 3. The third kappa shape index (κ3) is 6.73. The van der Waals surface area contributed by atoms with Gasteiger partial charge in [-0.3, -0.25) is 4.79 Å². The Kier molecular flexibility index (Phi) is 8.96. The van der Waals surface area contributed by atoms with Crippen molar-refractivity contribution >= 4 is 35.8 Å². The zero-order valence-electron chi connectivity index (χ0n) is 14.7. The molecule has 7 nitrogen and oxygen atoms in total. The Labute approximate surface area is 164 Å².